The standard InChI is InChI=1S/C23H29FN4OS/c1-2-11-28-21-8-7-18(25-10-9-17-5-3-4-6-20(17)24)16-19(21)22(26-28)23(29)27-12-14-30-15-13-27/h2-6,18,25H,1,7-16H2. The number of carbonyl (C=O) groups excluding carboxylic acids is 1. The molecular weight excluding hydrogens is 399 g/mol. The molecule has 1 atom stereocenters. The largest absolute Gasteiger partial charge is 0.336 e. The van der Waals surface area contributed by atoms with Gasteiger partial charge in [-0.15, -0.1) is 6.58 Å². The second-order valence-corrected chi connectivity index (χ2v) is 9.11. The van der Waals surface area contributed by atoms with E-state index in [1.165, 1.54) is 6.07 Å². The van der Waals surface area contributed by atoms with Crippen molar-refractivity contribution in [3.8, 4) is 0 Å². The van der Waals surface area contributed by atoms with Crippen molar-refractivity contribution in [1.29, 1.82) is 0 Å². The highest BCUT2D eigenvalue weighted by Crippen LogP contribution is 2.27. The molecule has 1 unspecified atom stereocenters. The zero-order chi connectivity index (χ0) is 20.9. The summed E-state index contributed by atoms with van der Waals surface area (Å²) in [6.07, 6.45) is 5.14. The second kappa shape index (κ2) is 9.79. The minimum Gasteiger partial charge on any atom is -0.336 e. The summed E-state index contributed by atoms with van der Waals surface area (Å²) >= 11 is 1.89. The lowest BCUT2D eigenvalue weighted by Crippen LogP contribution is -2.40. The zero-order valence-electron chi connectivity index (χ0n) is 17.3. The van der Waals surface area contributed by atoms with Gasteiger partial charge in [-0.1, -0.05) is 24.3 Å². The first-order valence-corrected chi connectivity index (χ1v) is 11.9. The van der Waals surface area contributed by atoms with Gasteiger partial charge in [0.1, 0.15) is 5.82 Å². The van der Waals surface area contributed by atoms with Crippen LogP contribution in [0, 0.1) is 5.82 Å². The zero-order valence-corrected chi connectivity index (χ0v) is 18.1. The van der Waals surface area contributed by atoms with Crippen LogP contribution in [0.3, 0.4) is 0 Å². The van der Waals surface area contributed by atoms with Crippen molar-refractivity contribution < 1.29 is 9.18 Å². The number of amides is 1. The molecule has 1 aromatic heterocycles. The van der Waals surface area contributed by atoms with Crippen molar-refractivity contribution in [2.45, 2.75) is 38.3 Å². The van der Waals surface area contributed by atoms with E-state index >= 15 is 0 Å². The Bertz CT molecular complexity index is 907. The van der Waals surface area contributed by atoms with Gasteiger partial charge in [0.15, 0.2) is 5.69 Å². The van der Waals surface area contributed by atoms with Crippen molar-refractivity contribution in [1.82, 2.24) is 20.0 Å². The van der Waals surface area contributed by atoms with E-state index in [0.717, 1.165) is 60.7 Å². The van der Waals surface area contributed by atoms with Gasteiger partial charge in [0.25, 0.3) is 5.91 Å². The molecule has 1 N–H and O–H groups in total. The van der Waals surface area contributed by atoms with Crippen LogP contribution in [0.15, 0.2) is 36.9 Å². The van der Waals surface area contributed by atoms with Crippen molar-refractivity contribution in [2.75, 3.05) is 31.1 Å². The molecule has 0 bridgehead atoms. The third-order valence-electron chi connectivity index (χ3n) is 5.93. The predicted octanol–water partition coefficient (Wildman–Crippen LogP) is 3.09. The number of halogens is 1. The summed E-state index contributed by atoms with van der Waals surface area (Å²) in [5, 5.41) is 8.27. The summed E-state index contributed by atoms with van der Waals surface area (Å²) < 4.78 is 15.8. The second-order valence-electron chi connectivity index (χ2n) is 7.88. The van der Waals surface area contributed by atoms with Crippen molar-refractivity contribution in [3.63, 3.8) is 0 Å². The van der Waals surface area contributed by atoms with E-state index in [0.29, 0.717) is 25.2 Å². The number of aromatic nitrogens is 2. The van der Waals surface area contributed by atoms with E-state index in [2.05, 4.69) is 11.9 Å². The van der Waals surface area contributed by atoms with E-state index in [1.807, 2.05) is 39.6 Å². The number of nitrogens with zero attached hydrogens (tertiary/aromatic N) is 3. The molecule has 4 rings (SSSR count). The SMILES string of the molecule is C=CCn1nc(C(=O)N2CCSCC2)c2c1CCC(NCCc1ccccc1F)C2. The number of fused-ring (bicyclic) bond motifs is 1. The van der Waals surface area contributed by atoms with E-state index in [4.69, 9.17) is 5.10 Å². The van der Waals surface area contributed by atoms with Crippen LogP contribution in [-0.4, -0.2) is 57.8 Å². The monoisotopic (exact) mass is 428 g/mol. The molecule has 160 valence electrons. The minimum atomic E-state index is -0.150. The van der Waals surface area contributed by atoms with Gasteiger partial charge in [-0.05, 0) is 43.9 Å². The fraction of sp³-hybridized carbons (Fsp3) is 0.478. The molecule has 30 heavy (non-hydrogen) atoms. The molecule has 1 saturated heterocycles. The number of thioether (sulfide) groups is 1. The van der Waals surface area contributed by atoms with Gasteiger partial charge in [0.2, 0.25) is 0 Å². The van der Waals surface area contributed by atoms with Crippen LogP contribution in [0.1, 0.15) is 33.7 Å². The summed E-state index contributed by atoms with van der Waals surface area (Å²) in [7, 11) is 0. The average Bonchev–Trinajstić information content (AvgIpc) is 3.13. The Kier molecular flexibility index (Phi) is 6.89. The smallest absolute Gasteiger partial charge is 0.274 e. The molecule has 1 aliphatic heterocycles. The Hall–Kier alpha value is -2.12. The van der Waals surface area contributed by atoms with Gasteiger partial charge in [-0.25, -0.2) is 4.39 Å². The maximum absolute atomic E-state index is 13.9. The van der Waals surface area contributed by atoms with Gasteiger partial charge in [-0.3, -0.25) is 9.48 Å². The predicted molar refractivity (Wildman–Crippen MR) is 120 cm³/mol. The average molecular weight is 429 g/mol. The molecule has 0 spiro atoms. The highest BCUT2D eigenvalue weighted by molar-refractivity contribution is 7.99. The normalized spacial score (nSPS) is 18.8. The third kappa shape index (κ3) is 4.62. The van der Waals surface area contributed by atoms with Gasteiger partial charge in [0, 0.05) is 41.9 Å². The molecule has 7 heteroatoms. The van der Waals surface area contributed by atoms with E-state index in [1.54, 1.807) is 6.07 Å². The topological polar surface area (TPSA) is 50.2 Å². The lowest BCUT2D eigenvalue weighted by molar-refractivity contribution is 0.0764. The summed E-state index contributed by atoms with van der Waals surface area (Å²) in [6.45, 7) is 6.75. The fourth-order valence-electron chi connectivity index (χ4n) is 4.34. The number of nitrogens with one attached hydrogen (secondary N) is 1. The Labute approximate surface area is 181 Å². The number of hydrogen-bond donors (Lipinski definition) is 1. The quantitative estimate of drug-likeness (QED) is 0.689. The van der Waals surface area contributed by atoms with Crippen LogP contribution < -0.4 is 5.32 Å². The van der Waals surface area contributed by atoms with Crippen LogP contribution in [0.25, 0.3) is 0 Å². The molecule has 2 aromatic rings. The van der Waals surface area contributed by atoms with Crippen molar-refractivity contribution in [3.05, 3.63) is 65.3 Å². The van der Waals surface area contributed by atoms with Crippen molar-refractivity contribution in [2.24, 2.45) is 0 Å². The molecular formula is C23H29FN4OS. The van der Waals surface area contributed by atoms with Crippen molar-refractivity contribution >= 4 is 17.7 Å². The van der Waals surface area contributed by atoms with Crippen LogP contribution in [-0.2, 0) is 25.8 Å². The first-order valence-electron chi connectivity index (χ1n) is 10.7. The molecule has 2 aliphatic rings. The van der Waals surface area contributed by atoms with E-state index in [9.17, 15) is 9.18 Å². The molecule has 1 aromatic carbocycles. The number of allylic oxidation sites excluding steroid dienone is 1. The summed E-state index contributed by atoms with van der Waals surface area (Å²) in [4.78, 5) is 15.1. The molecule has 1 amide bonds. The molecule has 0 saturated carbocycles. The van der Waals surface area contributed by atoms with Gasteiger partial charge >= 0.3 is 0 Å². The Morgan fingerprint density at radius 3 is 2.90 bits per heavy atom. The van der Waals surface area contributed by atoms with E-state index in [-0.39, 0.29) is 17.8 Å². The lowest BCUT2D eigenvalue weighted by Gasteiger charge is -2.27. The molecule has 0 radical (unpaired) electrons. The number of hydrogen-bond acceptors (Lipinski definition) is 4. The van der Waals surface area contributed by atoms with Crippen LogP contribution in [0.5, 0.6) is 0 Å². The third-order valence-corrected chi connectivity index (χ3v) is 6.88. The highest BCUT2D eigenvalue weighted by Gasteiger charge is 2.31. The van der Waals surface area contributed by atoms with Crippen LogP contribution in [0.4, 0.5) is 4.39 Å². The first kappa shape index (κ1) is 21.1. The summed E-state index contributed by atoms with van der Waals surface area (Å²) in [5.41, 5.74) is 3.59. The van der Waals surface area contributed by atoms with Gasteiger partial charge in [-0.2, -0.15) is 16.9 Å². The molecule has 1 fully saturated rings. The summed E-state index contributed by atoms with van der Waals surface area (Å²) in [5.74, 6) is 1.88. The maximum Gasteiger partial charge on any atom is 0.274 e. The molecule has 5 nitrogen and oxygen atoms in total. The maximum atomic E-state index is 13.9. The van der Waals surface area contributed by atoms with Gasteiger partial charge in [0.05, 0.1) is 6.54 Å². The van der Waals surface area contributed by atoms with Gasteiger partial charge < -0.3 is 10.2 Å². The Morgan fingerprint density at radius 1 is 1.33 bits per heavy atom. The Balaban J connectivity index is 1.46. The number of benzene rings is 1. The number of rotatable bonds is 7. The highest BCUT2D eigenvalue weighted by atomic mass is 32.2. The molecule has 1 aliphatic carbocycles. The van der Waals surface area contributed by atoms with E-state index < -0.39 is 0 Å². The van der Waals surface area contributed by atoms with Crippen LogP contribution in [0.2, 0.25) is 0 Å². The lowest BCUT2D eigenvalue weighted by atomic mass is 9.91. The summed E-state index contributed by atoms with van der Waals surface area (Å²) in [6, 6.07) is 7.20. The first-order chi connectivity index (χ1) is 14.7. The molecule has 2 heterocycles. The number of carbonyl (C=O) groups is 1. The minimum absolute atomic E-state index is 0.0568. The fourth-order valence-corrected chi connectivity index (χ4v) is 5.24. The van der Waals surface area contributed by atoms with Crippen LogP contribution >= 0.6 is 11.8 Å². The Morgan fingerprint density at radius 2 is 2.13 bits per heavy atom.